The van der Waals surface area contributed by atoms with E-state index in [4.69, 9.17) is 25.7 Å². The summed E-state index contributed by atoms with van der Waals surface area (Å²) in [6.07, 6.45) is 2.08. The van der Waals surface area contributed by atoms with Gasteiger partial charge < -0.3 is 29.5 Å². The Bertz CT molecular complexity index is 894. The van der Waals surface area contributed by atoms with Crippen molar-refractivity contribution >= 4 is 17.6 Å². The molecule has 0 spiro atoms. The molecule has 0 radical (unpaired) electrons. The number of aliphatic hydroxyl groups is 2. The molecule has 1 fully saturated rings. The third-order valence-corrected chi connectivity index (χ3v) is 6.99. The van der Waals surface area contributed by atoms with Crippen LogP contribution in [0.2, 0.25) is 0 Å². The highest BCUT2D eigenvalue weighted by atomic mass is 32.2. The van der Waals surface area contributed by atoms with Gasteiger partial charge in [0.2, 0.25) is 16.3 Å². The van der Waals surface area contributed by atoms with Crippen LogP contribution in [0.15, 0.2) is 29.2 Å². The zero-order chi connectivity index (χ0) is 23.1. The Labute approximate surface area is 181 Å². The van der Waals surface area contributed by atoms with Crippen LogP contribution in [-0.4, -0.2) is 65.7 Å². The van der Waals surface area contributed by atoms with Crippen LogP contribution in [0.5, 0.6) is 5.75 Å². The largest absolute Gasteiger partial charge is 0.462 e. The molecule has 0 saturated carbocycles. The summed E-state index contributed by atoms with van der Waals surface area (Å²) in [5.74, 6) is 2.68. The summed E-state index contributed by atoms with van der Waals surface area (Å²) in [5.41, 5.74) is 0. The number of aliphatic hydroxyl groups excluding tert-OH is 2. The lowest BCUT2D eigenvalue weighted by Crippen LogP contribution is -2.51. The lowest BCUT2D eigenvalue weighted by Gasteiger charge is -2.37. The molecule has 31 heavy (non-hydrogen) atoms. The van der Waals surface area contributed by atoms with Crippen LogP contribution in [0.4, 0.5) is 0 Å². The van der Waals surface area contributed by atoms with Gasteiger partial charge in [0.25, 0.3) is 0 Å². The standard InChI is InChI=1S/C19H28NO9PS/c1-2-3-4-5-11-20-31(26,27)16-8-6-14(7-9-16)28-19-18(22)17(21)13-15(29-19)10-12-30(23,24)25/h1,6-9,15,17-22H,3-5,10-13H2,(H2,23,24,25)/t15-,17+,18+,19+/m1/s1. The monoisotopic (exact) mass is 477 g/mol. The van der Waals surface area contributed by atoms with Gasteiger partial charge in [-0.1, -0.05) is 0 Å². The molecule has 0 aromatic heterocycles. The van der Waals surface area contributed by atoms with E-state index in [0.717, 1.165) is 6.42 Å². The number of nitrogens with one attached hydrogen (secondary N) is 1. The van der Waals surface area contributed by atoms with Gasteiger partial charge in [0.05, 0.1) is 23.3 Å². The van der Waals surface area contributed by atoms with Crippen LogP contribution < -0.4 is 9.46 Å². The second-order valence-electron chi connectivity index (χ2n) is 7.25. The van der Waals surface area contributed by atoms with Crippen molar-refractivity contribution in [3.8, 4) is 18.1 Å². The molecule has 1 heterocycles. The Balaban J connectivity index is 1.96. The molecule has 1 aliphatic heterocycles. The first kappa shape index (κ1) is 25.8. The van der Waals surface area contributed by atoms with Crippen LogP contribution in [-0.2, 0) is 19.3 Å². The first-order valence-corrected chi connectivity index (χ1v) is 13.1. The van der Waals surface area contributed by atoms with Gasteiger partial charge in [-0.25, -0.2) is 13.1 Å². The molecule has 0 unspecified atom stereocenters. The summed E-state index contributed by atoms with van der Waals surface area (Å²) < 4.78 is 49.2. The molecule has 12 heteroatoms. The van der Waals surface area contributed by atoms with E-state index >= 15 is 0 Å². The zero-order valence-corrected chi connectivity index (χ0v) is 18.5. The summed E-state index contributed by atoms with van der Waals surface area (Å²) in [7, 11) is -7.92. The highest BCUT2D eigenvalue weighted by molar-refractivity contribution is 7.89. The topological polar surface area (TPSA) is 163 Å². The highest BCUT2D eigenvalue weighted by Crippen LogP contribution is 2.37. The van der Waals surface area contributed by atoms with Crippen molar-refractivity contribution in [2.45, 2.75) is 61.6 Å². The Kier molecular flexibility index (Phi) is 9.48. The van der Waals surface area contributed by atoms with Gasteiger partial charge in [-0.2, -0.15) is 0 Å². The average Bonchev–Trinajstić information content (AvgIpc) is 2.69. The number of unbranched alkanes of at least 4 members (excludes halogenated alkanes) is 2. The minimum Gasteiger partial charge on any atom is -0.462 e. The maximum Gasteiger partial charge on any atom is 0.325 e. The van der Waals surface area contributed by atoms with Crippen molar-refractivity contribution < 1.29 is 42.5 Å². The lowest BCUT2D eigenvalue weighted by molar-refractivity contribution is -0.235. The fraction of sp³-hybridized carbons (Fsp3) is 0.579. The van der Waals surface area contributed by atoms with Gasteiger partial charge >= 0.3 is 7.60 Å². The number of terminal acetylenes is 1. The summed E-state index contributed by atoms with van der Waals surface area (Å²) in [6, 6.07) is 5.43. The van der Waals surface area contributed by atoms with Crippen LogP contribution in [0.25, 0.3) is 0 Å². The molecule has 10 nitrogen and oxygen atoms in total. The molecule has 174 valence electrons. The SMILES string of the molecule is C#CCCCCNS(=O)(=O)c1ccc(O[C@H]2O[C@H](CCP(=O)(O)O)C[C@H](O)[C@@H]2O)cc1. The molecule has 0 amide bonds. The summed E-state index contributed by atoms with van der Waals surface area (Å²) in [4.78, 5) is 18.0. The van der Waals surface area contributed by atoms with Gasteiger partial charge in [0.1, 0.15) is 11.9 Å². The lowest BCUT2D eigenvalue weighted by atomic mass is 10.0. The Morgan fingerprint density at radius 2 is 1.90 bits per heavy atom. The molecule has 1 aromatic rings. The van der Waals surface area contributed by atoms with Crippen LogP contribution in [0, 0.1) is 12.3 Å². The number of sulfonamides is 1. The van der Waals surface area contributed by atoms with E-state index in [0.29, 0.717) is 12.8 Å². The van der Waals surface area contributed by atoms with Crippen LogP contribution in [0.3, 0.4) is 0 Å². The first-order chi connectivity index (χ1) is 14.5. The van der Waals surface area contributed by atoms with Crippen LogP contribution >= 0.6 is 7.60 Å². The van der Waals surface area contributed by atoms with Crippen LogP contribution in [0.1, 0.15) is 32.1 Å². The highest BCUT2D eigenvalue weighted by Gasteiger charge is 2.38. The molecule has 1 aromatic carbocycles. The molecule has 0 aliphatic carbocycles. The van der Waals surface area contributed by atoms with E-state index in [1.807, 2.05) is 0 Å². The number of hydrogen-bond acceptors (Lipinski definition) is 7. The minimum absolute atomic E-state index is 0.00518. The van der Waals surface area contributed by atoms with Crippen molar-refractivity contribution in [1.82, 2.24) is 4.72 Å². The Hall–Kier alpha value is -1.48. The summed E-state index contributed by atoms with van der Waals surface area (Å²) in [6.45, 7) is 0.262. The molecule has 4 atom stereocenters. The second kappa shape index (κ2) is 11.4. The number of rotatable bonds is 11. The smallest absolute Gasteiger partial charge is 0.325 e. The van der Waals surface area contributed by atoms with Crippen molar-refractivity contribution in [3.63, 3.8) is 0 Å². The maximum atomic E-state index is 12.3. The van der Waals surface area contributed by atoms with E-state index in [1.54, 1.807) is 0 Å². The zero-order valence-electron chi connectivity index (χ0n) is 16.8. The van der Waals surface area contributed by atoms with Crippen molar-refractivity contribution in [1.29, 1.82) is 0 Å². The van der Waals surface area contributed by atoms with Gasteiger partial charge in [0.15, 0.2) is 0 Å². The predicted octanol–water partition coefficient (Wildman–Crippen LogP) is 0.552. The van der Waals surface area contributed by atoms with E-state index in [2.05, 4.69) is 10.6 Å². The Morgan fingerprint density at radius 1 is 1.23 bits per heavy atom. The molecular weight excluding hydrogens is 449 g/mol. The van der Waals surface area contributed by atoms with Crippen molar-refractivity contribution in [2.75, 3.05) is 12.7 Å². The minimum atomic E-state index is -4.23. The molecule has 5 N–H and O–H groups in total. The number of benzene rings is 1. The first-order valence-electron chi connectivity index (χ1n) is 9.78. The van der Waals surface area contributed by atoms with E-state index in [1.165, 1.54) is 24.3 Å². The van der Waals surface area contributed by atoms with E-state index < -0.39 is 48.4 Å². The number of hydrogen-bond donors (Lipinski definition) is 5. The fourth-order valence-corrected chi connectivity index (χ4v) is 4.68. The fourth-order valence-electron chi connectivity index (χ4n) is 2.98. The number of ether oxygens (including phenoxy) is 2. The van der Waals surface area contributed by atoms with E-state index in [-0.39, 0.29) is 30.0 Å². The Morgan fingerprint density at radius 3 is 2.52 bits per heavy atom. The third-order valence-electron chi connectivity index (χ3n) is 4.67. The summed E-state index contributed by atoms with van der Waals surface area (Å²) in [5, 5.41) is 20.1. The van der Waals surface area contributed by atoms with Gasteiger partial charge in [-0.05, 0) is 43.5 Å². The predicted molar refractivity (Wildman–Crippen MR) is 112 cm³/mol. The third kappa shape index (κ3) is 8.52. The second-order valence-corrected chi connectivity index (χ2v) is 10.8. The molecule has 1 saturated heterocycles. The van der Waals surface area contributed by atoms with Gasteiger partial charge in [-0.3, -0.25) is 4.57 Å². The van der Waals surface area contributed by atoms with E-state index in [9.17, 15) is 23.2 Å². The average molecular weight is 477 g/mol. The molecule has 1 aliphatic rings. The normalized spacial score (nSPS) is 24.5. The quantitative estimate of drug-likeness (QED) is 0.174. The maximum absolute atomic E-state index is 12.3. The van der Waals surface area contributed by atoms with Crippen molar-refractivity contribution in [2.24, 2.45) is 0 Å². The van der Waals surface area contributed by atoms with Gasteiger partial charge in [0, 0.05) is 19.4 Å². The van der Waals surface area contributed by atoms with Gasteiger partial charge in [-0.15, -0.1) is 12.3 Å². The van der Waals surface area contributed by atoms with Crippen molar-refractivity contribution in [3.05, 3.63) is 24.3 Å². The molecular formula is C19H28NO9PS. The molecule has 2 rings (SSSR count). The summed E-state index contributed by atoms with van der Waals surface area (Å²) >= 11 is 0. The molecule has 0 bridgehead atoms.